The molecular weight excluding hydrogens is 384 g/mol. The molecule has 0 spiro atoms. The number of rotatable bonds is 8. The van der Waals surface area contributed by atoms with Crippen molar-refractivity contribution in [3.05, 3.63) is 65.7 Å². The zero-order valence-electron chi connectivity index (χ0n) is 17.4. The van der Waals surface area contributed by atoms with Crippen LogP contribution in [0.1, 0.15) is 30.9 Å². The molecule has 0 aromatic heterocycles. The van der Waals surface area contributed by atoms with Crippen molar-refractivity contribution in [2.45, 2.75) is 36.6 Å². The maximum Gasteiger partial charge on any atom is 0.242 e. The summed E-state index contributed by atoms with van der Waals surface area (Å²) in [4.78, 5) is 4.96. The molecule has 1 fully saturated rings. The number of aliphatic imine (C=N–C) groups is 1. The summed E-state index contributed by atoms with van der Waals surface area (Å²) in [5, 5.41) is 6.77. The fourth-order valence-electron chi connectivity index (χ4n) is 3.25. The molecule has 7 heteroatoms. The van der Waals surface area contributed by atoms with Crippen molar-refractivity contribution in [1.29, 1.82) is 0 Å². The molecule has 0 unspecified atom stereocenters. The molecule has 1 aliphatic rings. The SMILES string of the molecule is CCNC(=NCc1ccc(S(=O)(=O)N(C)C)cc1)NCC1(c2ccccc2)CC1. The number of hydrogen-bond donors (Lipinski definition) is 2. The van der Waals surface area contributed by atoms with Gasteiger partial charge in [-0.05, 0) is 43.0 Å². The lowest BCUT2D eigenvalue weighted by Gasteiger charge is -2.19. The Labute approximate surface area is 174 Å². The van der Waals surface area contributed by atoms with Crippen LogP contribution in [0.2, 0.25) is 0 Å². The first-order valence-electron chi connectivity index (χ1n) is 9.96. The van der Waals surface area contributed by atoms with Crippen molar-refractivity contribution < 1.29 is 8.42 Å². The minimum atomic E-state index is -3.41. The molecule has 2 N–H and O–H groups in total. The summed E-state index contributed by atoms with van der Waals surface area (Å²) in [6, 6.07) is 17.5. The van der Waals surface area contributed by atoms with Crippen LogP contribution in [0.25, 0.3) is 0 Å². The van der Waals surface area contributed by atoms with E-state index in [0.29, 0.717) is 11.4 Å². The van der Waals surface area contributed by atoms with Crippen molar-refractivity contribution in [2.75, 3.05) is 27.2 Å². The van der Waals surface area contributed by atoms with Crippen LogP contribution in [0.4, 0.5) is 0 Å². The normalized spacial score (nSPS) is 15.9. The molecule has 1 aliphatic carbocycles. The number of nitrogens with one attached hydrogen (secondary N) is 2. The molecule has 0 atom stereocenters. The molecule has 3 rings (SSSR count). The van der Waals surface area contributed by atoms with Gasteiger partial charge >= 0.3 is 0 Å². The van der Waals surface area contributed by atoms with Crippen LogP contribution in [0, 0.1) is 0 Å². The van der Waals surface area contributed by atoms with E-state index in [1.54, 1.807) is 12.1 Å². The van der Waals surface area contributed by atoms with Gasteiger partial charge in [0.2, 0.25) is 10.0 Å². The molecule has 6 nitrogen and oxygen atoms in total. The van der Waals surface area contributed by atoms with E-state index in [1.807, 2.05) is 25.1 Å². The third-order valence-corrected chi connectivity index (χ3v) is 7.13. The van der Waals surface area contributed by atoms with E-state index in [2.05, 4.69) is 39.9 Å². The van der Waals surface area contributed by atoms with Crippen LogP contribution < -0.4 is 10.6 Å². The molecule has 29 heavy (non-hydrogen) atoms. The number of nitrogens with zero attached hydrogens (tertiary/aromatic N) is 2. The molecular formula is C22H30N4O2S. The van der Waals surface area contributed by atoms with E-state index in [-0.39, 0.29) is 5.41 Å². The van der Waals surface area contributed by atoms with Crippen LogP contribution in [0.15, 0.2) is 64.5 Å². The average molecular weight is 415 g/mol. The second-order valence-corrected chi connectivity index (χ2v) is 9.78. The molecule has 2 aromatic rings. The smallest absolute Gasteiger partial charge is 0.242 e. The van der Waals surface area contributed by atoms with Gasteiger partial charge in [0.15, 0.2) is 5.96 Å². The lowest BCUT2D eigenvalue weighted by atomic mass is 9.96. The van der Waals surface area contributed by atoms with Crippen molar-refractivity contribution in [2.24, 2.45) is 4.99 Å². The highest BCUT2D eigenvalue weighted by molar-refractivity contribution is 7.89. The summed E-state index contributed by atoms with van der Waals surface area (Å²) in [5.74, 6) is 0.777. The van der Waals surface area contributed by atoms with Gasteiger partial charge in [-0.15, -0.1) is 0 Å². The fourth-order valence-corrected chi connectivity index (χ4v) is 4.15. The molecule has 2 aromatic carbocycles. The largest absolute Gasteiger partial charge is 0.357 e. The second-order valence-electron chi connectivity index (χ2n) is 7.63. The summed E-state index contributed by atoms with van der Waals surface area (Å²) >= 11 is 0. The topological polar surface area (TPSA) is 73.8 Å². The van der Waals surface area contributed by atoms with E-state index in [4.69, 9.17) is 0 Å². The lowest BCUT2D eigenvalue weighted by molar-refractivity contribution is 0.520. The van der Waals surface area contributed by atoms with Crippen LogP contribution in [-0.4, -0.2) is 45.9 Å². The maximum absolute atomic E-state index is 12.2. The molecule has 1 saturated carbocycles. The van der Waals surface area contributed by atoms with Gasteiger partial charge in [-0.1, -0.05) is 42.5 Å². The van der Waals surface area contributed by atoms with Crippen molar-refractivity contribution in [3.8, 4) is 0 Å². The van der Waals surface area contributed by atoms with Crippen molar-refractivity contribution in [3.63, 3.8) is 0 Å². The van der Waals surface area contributed by atoms with E-state index in [9.17, 15) is 8.42 Å². The Balaban J connectivity index is 1.64. The predicted molar refractivity (Wildman–Crippen MR) is 117 cm³/mol. The molecule has 156 valence electrons. The minimum absolute atomic E-state index is 0.208. The first-order valence-corrected chi connectivity index (χ1v) is 11.4. The highest BCUT2D eigenvalue weighted by Gasteiger charge is 2.43. The third-order valence-electron chi connectivity index (χ3n) is 5.30. The van der Waals surface area contributed by atoms with E-state index in [0.717, 1.165) is 24.6 Å². The summed E-state index contributed by atoms with van der Waals surface area (Å²) in [7, 11) is -0.342. The van der Waals surface area contributed by atoms with Gasteiger partial charge in [-0.25, -0.2) is 17.7 Å². The van der Waals surface area contributed by atoms with Crippen LogP contribution in [0.5, 0.6) is 0 Å². The van der Waals surface area contributed by atoms with Gasteiger partial charge in [-0.3, -0.25) is 0 Å². The van der Waals surface area contributed by atoms with Crippen LogP contribution >= 0.6 is 0 Å². The first kappa shape index (κ1) is 21.3. The van der Waals surface area contributed by atoms with Gasteiger partial charge in [0.25, 0.3) is 0 Å². The fraction of sp³-hybridized carbons (Fsp3) is 0.409. The lowest BCUT2D eigenvalue weighted by Crippen LogP contribution is -2.41. The van der Waals surface area contributed by atoms with Gasteiger partial charge < -0.3 is 10.6 Å². The Morgan fingerprint density at radius 1 is 1.03 bits per heavy atom. The maximum atomic E-state index is 12.2. The standard InChI is InChI=1S/C22H30N4O2S/c1-4-23-21(25-17-22(14-15-22)19-8-6-5-7-9-19)24-16-18-10-12-20(13-11-18)29(27,28)26(2)3/h5-13H,4,14-17H2,1-3H3,(H2,23,24,25). The highest BCUT2D eigenvalue weighted by Crippen LogP contribution is 2.47. The van der Waals surface area contributed by atoms with Crippen LogP contribution in [-0.2, 0) is 22.0 Å². The van der Waals surface area contributed by atoms with E-state index >= 15 is 0 Å². The average Bonchev–Trinajstić information content (AvgIpc) is 3.52. The number of sulfonamides is 1. The zero-order valence-corrected chi connectivity index (χ0v) is 18.2. The molecule has 0 bridgehead atoms. The second kappa shape index (κ2) is 8.97. The van der Waals surface area contributed by atoms with E-state index in [1.165, 1.54) is 36.8 Å². The molecule has 0 saturated heterocycles. The Hall–Kier alpha value is -2.38. The Bertz CT molecular complexity index is 935. The molecule has 0 heterocycles. The minimum Gasteiger partial charge on any atom is -0.357 e. The van der Waals surface area contributed by atoms with Gasteiger partial charge in [0, 0.05) is 32.6 Å². The van der Waals surface area contributed by atoms with E-state index < -0.39 is 10.0 Å². The molecule has 0 radical (unpaired) electrons. The Kier molecular flexibility index (Phi) is 6.59. The predicted octanol–water partition coefficient (Wildman–Crippen LogP) is 2.72. The van der Waals surface area contributed by atoms with Gasteiger partial charge in [-0.2, -0.15) is 0 Å². The number of guanidine groups is 1. The third kappa shape index (κ3) is 5.16. The number of benzene rings is 2. The molecule has 0 aliphatic heterocycles. The van der Waals surface area contributed by atoms with Crippen molar-refractivity contribution in [1.82, 2.24) is 14.9 Å². The number of hydrogen-bond acceptors (Lipinski definition) is 3. The monoisotopic (exact) mass is 414 g/mol. The molecule has 0 amide bonds. The zero-order chi connectivity index (χ0) is 20.9. The quantitative estimate of drug-likeness (QED) is 0.515. The first-order chi connectivity index (χ1) is 13.9. The Morgan fingerprint density at radius 2 is 1.69 bits per heavy atom. The summed E-state index contributed by atoms with van der Waals surface area (Å²) in [6.07, 6.45) is 2.37. The van der Waals surface area contributed by atoms with Crippen LogP contribution in [0.3, 0.4) is 0 Å². The van der Waals surface area contributed by atoms with Gasteiger partial charge in [0.05, 0.1) is 11.4 Å². The van der Waals surface area contributed by atoms with Gasteiger partial charge in [0.1, 0.15) is 0 Å². The summed E-state index contributed by atoms with van der Waals surface area (Å²) in [6.45, 7) is 4.16. The Morgan fingerprint density at radius 3 is 2.24 bits per heavy atom. The summed E-state index contributed by atoms with van der Waals surface area (Å²) < 4.78 is 25.6. The summed E-state index contributed by atoms with van der Waals surface area (Å²) in [5.41, 5.74) is 2.55. The van der Waals surface area contributed by atoms with Crippen molar-refractivity contribution >= 4 is 16.0 Å². The highest BCUT2D eigenvalue weighted by atomic mass is 32.2.